The van der Waals surface area contributed by atoms with E-state index in [9.17, 15) is 4.79 Å². The Morgan fingerprint density at radius 3 is 2.56 bits per heavy atom. The van der Waals surface area contributed by atoms with E-state index >= 15 is 0 Å². The number of carbonyl (C=O) groups is 1. The van der Waals surface area contributed by atoms with E-state index in [2.05, 4.69) is 31.2 Å². The number of carbonyl (C=O) groups excluding carboxylic acids is 1. The van der Waals surface area contributed by atoms with E-state index in [0.29, 0.717) is 18.4 Å². The van der Waals surface area contributed by atoms with Crippen LogP contribution < -0.4 is 0 Å². The van der Waals surface area contributed by atoms with Crippen molar-refractivity contribution in [3.8, 4) is 0 Å². The van der Waals surface area contributed by atoms with Gasteiger partial charge in [-0.15, -0.1) is 0 Å². The number of nitrogens with zero attached hydrogens (tertiary/aromatic N) is 1. The summed E-state index contributed by atoms with van der Waals surface area (Å²) in [5.41, 5.74) is 2.47. The van der Waals surface area contributed by atoms with Gasteiger partial charge < -0.3 is 9.64 Å². The van der Waals surface area contributed by atoms with Crippen LogP contribution in [-0.2, 0) is 16.1 Å². The second-order valence-electron chi connectivity index (χ2n) is 5.44. The van der Waals surface area contributed by atoms with E-state index in [0.717, 1.165) is 25.9 Å². The summed E-state index contributed by atoms with van der Waals surface area (Å²) in [4.78, 5) is 13.6. The van der Waals surface area contributed by atoms with Gasteiger partial charge in [0.2, 0.25) is 5.91 Å². The summed E-state index contributed by atoms with van der Waals surface area (Å²) >= 11 is 0. The predicted molar refractivity (Wildman–Crippen MR) is 69.1 cm³/mol. The van der Waals surface area contributed by atoms with Crippen molar-refractivity contribution < 1.29 is 9.53 Å². The largest absolute Gasteiger partial charge is 0.370 e. The average molecular weight is 245 g/mol. The minimum Gasteiger partial charge on any atom is -0.370 e. The standard InChI is InChI=1S/C15H19NO2/c1-11-2-4-12(5-3-11)10-18-14-8-16(9-14)15(17)13-6-7-13/h2-5,13-14H,6-10H2,1H3. The summed E-state index contributed by atoms with van der Waals surface area (Å²) < 4.78 is 5.79. The second kappa shape index (κ2) is 4.73. The Bertz CT molecular complexity index is 430. The van der Waals surface area contributed by atoms with Gasteiger partial charge in [0, 0.05) is 19.0 Å². The fourth-order valence-corrected chi connectivity index (χ4v) is 2.21. The summed E-state index contributed by atoms with van der Waals surface area (Å²) in [6.45, 7) is 4.29. The zero-order valence-corrected chi connectivity index (χ0v) is 10.8. The number of ether oxygens (including phenoxy) is 1. The number of rotatable bonds is 4. The summed E-state index contributed by atoms with van der Waals surface area (Å²) in [5, 5.41) is 0. The molecular formula is C15H19NO2. The topological polar surface area (TPSA) is 29.5 Å². The Labute approximate surface area is 108 Å². The monoisotopic (exact) mass is 245 g/mol. The van der Waals surface area contributed by atoms with E-state index in [-0.39, 0.29) is 6.10 Å². The van der Waals surface area contributed by atoms with Crippen LogP contribution in [0, 0.1) is 12.8 Å². The van der Waals surface area contributed by atoms with Gasteiger partial charge in [0.05, 0.1) is 12.7 Å². The van der Waals surface area contributed by atoms with Gasteiger partial charge in [0.1, 0.15) is 0 Å². The Morgan fingerprint density at radius 1 is 1.28 bits per heavy atom. The number of amides is 1. The van der Waals surface area contributed by atoms with Gasteiger partial charge in [-0.2, -0.15) is 0 Å². The molecule has 1 aliphatic carbocycles. The zero-order valence-electron chi connectivity index (χ0n) is 10.8. The van der Waals surface area contributed by atoms with Crippen LogP contribution in [0.15, 0.2) is 24.3 Å². The molecule has 2 fully saturated rings. The van der Waals surface area contributed by atoms with Crippen LogP contribution in [0.5, 0.6) is 0 Å². The molecule has 0 atom stereocenters. The maximum atomic E-state index is 11.7. The summed E-state index contributed by atoms with van der Waals surface area (Å²) in [6.07, 6.45) is 2.41. The third-order valence-corrected chi connectivity index (χ3v) is 3.69. The highest BCUT2D eigenvalue weighted by atomic mass is 16.5. The molecule has 1 aromatic rings. The van der Waals surface area contributed by atoms with E-state index in [4.69, 9.17) is 4.74 Å². The highest BCUT2D eigenvalue weighted by Crippen LogP contribution is 2.32. The molecule has 0 bridgehead atoms. The van der Waals surface area contributed by atoms with E-state index in [1.165, 1.54) is 11.1 Å². The SMILES string of the molecule is Cc1ccc(COC2CN(C(=O)C3CC3)C2)cc1. The fourth-order valence-electron chi connectivity index (χ4n) is 2.21. The first-order chi connectivity index (χ1) is 8.72. The molecule has 3 heteroatoms. The molecule has 0 aromatic heterocycles. The quantitative estimate of drug-likeness (QED) is 0.813. The lowest BCUT2D eigenvalue weighted by Gasteiger charge is -2.39. The molecule has 1 heterocycles. The van der Waals surface area contributed by atoms with Gasteiger partial charge in [-0.3, -0.25) is 4.79 Å². The van der Waals surface area contributed by atoms with Gasteiger partial charge in [-0.1, -0.05) is 29.8 Å². The molecular weight excluding hydrogens is 226 g/mol. The first-order valence-corrected chi connectivity index (χ1v) is 6.68. The van der Waals surface area contributed by atoms with Crippen LogP contribution in [0.3, 0.4) is 0 Å². The Balaban J connectivity index is 1.40. The summed E-state index contributed by atoms with van der Waals surface area (Å²) in [5.74, 6) is 0.674. The molecule has 0 radical (unpaired) electrons. The zero-order chi connectivity index (χ0) is 12.5. The fraction of sp³-hybridized carbons (Fsp3) is 0.533. The Hall–Kier alpha value is -1.35. The molecule has 96 valence electrons. The predicted octanol–water partition coefficient (Wildman–Crippen LogP) is 2.13. The smallest absolute Gasteiger partial charge is 0.225 e. The number of likely N-dealkylation sites (tertiary alicyclic amines) is 1. The molecule has 1 aromatic carbocycles. The van der Waals surface area contributed by atoms with E-state index in [1.807, 2.05) is 4.90 Å². The lowest BCUT2D eigenvalue weighted by atomic mass is 10.1. The normalized spacial score (nSPS) is 19.7. The molecule has 1 amide bonds. The van der Waals surface area contributed by atoms with Gasteiger partial charge in [0.15, 0.2) is 0 Å². The van der Waals surface area contributed by atoms with Gasteiger partial charge in [-0.25, -0.2) is 0 Å². The van der Waals surface area contributed by atoms with Crippen LogP contribution in [-0.4, -0.2) is 30.0 Å². The number of aryl methyl sites for hydroxylation is 1. The molecule has 2 aliphatic rings. The van der Waals surface area contributed by atoms with Crippen molar-refractivity contribution >= 4 is 5.91 Å². The first kappa shape index (κ1) is 11.7. The molecule has 0 spiro atoms. The molecule has 0 N–H and O–H groups in total. The van der Waals surface area contributed by atoms with Crippen molar-refractivity contribution in [2.45, 2.75) is 32.5 Å². The number of hydrogen-bond donors (Lipinski definition) is 0. The highest BCUT2D eigenvalue weighted by Gasteiger charge is 2.39. The van der Waals surface area contributed by atoms with Crippen molar-refractivity contribution in [3.05, 3.63) is 35.4 Å². The maximum absolute atomic E-state index is 11.7. The van der Waals surface area contributed by atoms with Gasteiger partial charge in [-0.05, 0) is 25.3 Å². The highest BCUT2D eigenvalue weighted by molar-refractivity contribution is 5.81. The lowest BCUT2D eigenvalue weighted by Crippen LogP contribution is -2.55. The molecule has 3 nitrogen and oxygen atoms in total. The number of benzene rings is 1. The Kier molecular flexibility index (Phi) is 3.08. The number of hydrogen-bond acceptors (Lipinski definition) is 2. The van der Waals surface area contributed by atoms with E-state index < -0.39 is 0 Å². The van der Waals surface area contributed by atoms with Crippen LogP contribution in [0.1, 0.15) is 24.0 Å². The van der Waals surface area contributed by atoms with Crippen LogP contribution in [0.4, 0.5) is 0 Å². The third kappa shape index (κ3) is 2.56. The summed E-state index contributed by atoms with van der Waals surface area (Å²) in [7, 11) is 0. The molecule has 1 saturated carbocycles. The molecule has 3 rings (SSSR count). The Morgan fingerprint density at radius 2 is 1.94 bits per heavy atom. The minimum atomic E-state index is 0.231. The van der Waals surface area contributed by atoms with Crippen LogP contribution >= 0.6 is 0 Å². The molecule has 1 aliphatic heterocycles. The van der Waals surface area contributed by atoms with Crippen LogP contribution in [0.2, 0.25) is 0 Å². The van der Waals surface area contributed by atoms with Crippen molar-refractivity contribution in [1.82, 2.24) is 4.90 Å². The molecule has 0 unspecified atom stereocenters. The van der Waals surface area contributed by atoms with Crippen molar-refractivity contribution in [2.24, 2.45) is 5.92 Å². The van der Waals surface area contributed by atoms with Gasteiger partial charge in [0.25, 0.3) is 0 Å². The second-order valence-corrected chi connectivity index (χ2v) is 5.44. The van der Waals surface area contributed by atoms with Crippen LogP contribution in [0.25, 0.3) is 0 Å². The molecule has 1 saturated heterocycles. The molecule has 18 heavy (non-hydrogen) atoms. The minimum absolute atomic E-state index is 0.231. The van der Waals surface area contributed by atoms with E-state index in [1.54, 1.807) is 0 Å². The maximum Gasteiger partial charge on any atom is 0.225 e. The summed E-state index contributed by atoms with van der Waals surface area (Å²) in [6, 6.07) is 8.40. The first-order valence-electron chi connectivity index (χ1n) is 6.68. The average Bonchev–Trinajstić information content (AvgIpc) is 3.13. The lowest BCUT2D eigenvalue weighted by molar-refractivity contribution is -0.147. The van der Waals surface area contributed by atoms with Crippen molar-refractivity contribution in [3.63, 3.8) is 0 Å². The van der Waals surface area contributed by atoms with Crippen molar-refractivity contribution in [2.75, 3.05) is 13.1 Å². The van der Waals surface area contributed by atoms with Gasteiger partial charge >= 0.3 is 0 Å². The van der Waals surface area contributed by atoms with Crippen molar-refractivity contribution in [1.29, 1.82) is 0 Å². The third-order valence-electron chi connectivity index (χ3n) is 3.69.